The summed E-state index contributed by atoms with van der Waals surface area (Å²) in [6, 6.07) is 12.3. The molecule has 7 heteroatoms. The van der Waals surface area contributed by atoms with Gasteiger partial charge in [0.05, 0.1) is 11.4 Å². The number of barbiturate groups is 1. The van der Waals surface area contributed by atoms with Gasteiger partial charge in [-0.25, -0.2) is 14.1 Å². The summed E-state index contributed by atoms with van der Waals surface area (Å²) in [7, 11) is 0. The third-order valence-corrected chi connectivity index (χ3v) is 5.86. The van der Waals surface area contributed by atoms with Crippen molar-refractivity contribution in [3.05, 3.63) is 88.0 Å². The molecule has 0 bridgehead atoms. The standard InChI is InChI=1S/C26H24FN3O3/c1-5-18-9-6-8-15(2)23(18)29-16(3)12-19(17(29)4)13-22-24(31)28-26(33)30(25(22)32)21-11-7-10-20(27)14-21/h6-14H,5H2,1-4H3,(H,28,31,33)/b22-13+. The van der Waals surface area contributed by atoms with Crippen LogP contribution in [0.5, 0.6) is 0 Å². The highest BCUT2D eigenvalue weighted by Crippen LogP contribution is 2.29. The smallest absolute Gasteiger partial charge is 0.317 e. The first kappa shape index (κ1) is 22.2. The quantitative estimate of drug-likeness (QED) is 0.465. The molecule has 168 valence electrons. The number of nitrogens with one attached hydrogen (secondary N) is 1. The molecule has 1 aromatic heterocycles. The summed E-state index contributed by atoms with van der Waals surface area (Å²) in [5, 5.41) is 2.18. The maximum absolute atomic E-state index is 13.7. The van der Waals surface area contributed by atoms with Crippen LogP contribution in [-0.4, -0.2) is 22.4 Å². The van der Waals surface area contributed by atoms with E-state index in [9.17, 15) is 18.8 Å². The minimum Gasteiger partial charge on any atom is -0.317 e. The Labute approximate surface area is 191 Å². The van der Waals surface area contributed by atoms with Crippen LogP contribution in [-0.2, 0) is 16.0 Å². The molecule has 2 heterocycles. The molecule has 1 aliphatic heterocycles. The van der Waals surface area contributed by atoms with Crippen molar-refractivity contribution in [3.8, 4) is 5.69 Å². The lowest BCUT2D eigenvalue weighted by Gasteiger charge is -2.26. The van der Waals surface area contributed by atoms with Crippen molar-refractivity contribution in [2.45, 2.75) is 34.1 Å². The number of urea groups is 1. The van der Waals surface area contributed by atoms with Crippen molar-refractivity contribution < 1.29 is 18.8 Å². The first-order valence-corrected chi connectivity index (χ1v) is 10.7. The Morgan fingerprint density at radius 2 is 1.73 bits per heavy atom. The summed E-state index contributed by atoms with van der Waals surface area (Å²) >= 11 is 0. The van der Waals surface area contributed by atoms with E-state index in [0.717, 1.165) is 40.0 Å². The Balaban J connectivity index is 1.81. The summed E-state index contributed by atoms with van der Waals surface area (Å²) in [5.74, 6) is -2.18. The van der Waals surface area contributed by atoms with Gasteiger partial charge in [-0.15, -0.1) is 0 Å². The van der Waals surface area contributed by atoms with Crippen molar-refractivity contribution in [1.29, 1.82) is 0 Å². The van der Waals surface area contributed by atoms with Crippen LogP contribution in [0, 0.1) is 26.6 Å². The Morgan fingerprint density at radius 1 is 1.00 bits per heavy atom. The maximum Gasteiger partial charge on any atom is 0.335 e. The van der Waals surface area contributed by atoms with Crippen molar-refractivity contribution in [1.82, 2.24) is 9.88 Å². The molecule has 1 saturated heterocycles. The van der Waals surface area contributed by atoms with Crippen molar-refractivity contribution in [2.24, 2.45) is 0 Å². The number of aryl methyl sites for hydroxylation is 3. The largest absolute Gasteiger partial charge is 0.335 e. The highest BCUT2D eigenvalue weighted by molar-refractivity contribution is 6.39. The monoisotopic (exact) mass is 445 g/mol. The van der Waals surface area contributed by atoms with Gasteiger partial charge in [0, 0.05) is 11.4 Å². The molecule has 0 aliphatic carbocycles. The number of imide groups is 2. The van der Waals surface area contributed by atoms with Crippen LogP contribution >= 0.6 is 0 Å². The van der Waals surface area contributed by atoms with E-state index in [4.69, 9.17) is 0 Å². The molecule has 1 aliphatic rings. The molecule has 0 unspecified atom stereocenters. The predicted molar refractivity (Wildman–Crippen MR) is 125 cm³/mol. The molecule has 0 radical (unpaired) electrons. The van der Waals surface area contributed by atoms with Gasteiger partial charge >= 0.3 is 6.03 Å². The Bertz CT molecular complexity index is 1340. The molecule has 4 amide bonds. The second kappa shape index (κ2) is 8.50. The minimum atomic E-state index is -0.911. The number of carbonyl (C=O) groups is 3. The summed E-state index contributed by atoms with van der Waals surface area (Å²) < 4.78 is 15.8. The van der Waals surface area contributed by atoms with Crippen LogP contribution in [0.2, 0.25) is 0 Å². The lowest BCUT2D eigenvalue weighted by Crippen LogP contribution is -2.54. The molecule has 2 aromatic carbocycles. The fourth-order valence-electron chi connectivity index (χ4n) is 4.27. The zero-order chi connectivity index (χ0) is 23.9. The zero-order valence-electron chi connectivity index (χ0n) is 18.9. The first-order chi connectivity index (χ1) is 15.7. The number of aromatic nitrogens is 1. The predicted octanol–water partition coefficient (Wildman–Crippen LogP) is 4.77. The average molecular weight is 445 g/mol. The molecule has 3 aromatic rings. The number of halogens is 1. The van der Waals surface area contributed by atoms with Gasteiger partial charge in [0.2, 0.25) is 0 Å². The number of para-hydroxylation sites is 1. The van der Waals surface area contributed by atoms with E-state index in [0.29, 0.717) is 5.56 Å². The molecule has 0 spiro atoms. The zero-order valence-corrected chi connectivity index (χ0v) is 18.9. The molecular formula is C26H24FN3O3. The van der Waals surface area contributed by atoms with Crippen LogP contribution in [0.15, 0.2) is 54.1 Å². The summed E-state index contributed by atoms with van der Waals surface area (Å²) in [6.07, 6.45) is 2.34. The number of benzene rings is 2. The van der Waals surface area contributed by atoms with Crippen molar-refractivity contribution >= 4 is 29.6 Å². The molecule has 1 fully saturated rings. The highest BCUT2D eigenvalue weighted by Gasteiger charge is 2.37. The lowest BCUT2D eigenvalue weighted by atomic mass is 10.0. The first-order valence-electron chi connectivity index (χ1n) is 10.7. The third kappa shape index (κ3) is 3.86. The number of hydrogen-bond acceptors (Lipinski definition) is 3. The van der Waals surface area contributed by atoms with Crippen LogP contribution in [0.1, 0.15) is 35.0 Å². The fraction of sp³-hybridized carbons (Fsp3) is 0.192. The third-order valence-electron chi connectivity index (χ3n) is 5.86. The van der Waals surface area contributed by atoms with E-state index in [-0.39, 0.29) is 11.3 Å². The van der Waals surface area contributed by atoms with Crippen molar-refractivity contribution in [3.63, 3.8) is 0 Å². The Hall–Kier alpha value is -4.00. The van der Waals surface area contributed by atoms with Gasteiger partial charge in [-0.05, 0) is 74.2 Å². The average Bonchev–Trinajstić information content (AvgIpc) is 3.03. The molecular weight excluding hydrogens is 421 g/mol. The number of anilines is 1. The van der Waals surface area contributed by atoms with Gasteiger partial charge in [0.15, 0.2) is 0 Å². The summed E-state index contributed by atoms with van der Waals surface area (Å²) in [4.78, 5) is 38.8. The molecule has 0 atom stereocenters. The van der Waals surface area contributed by atoms with Crippen molar-refractivity contribution in [2.75, 3.05) is 4.90 Å². The maximum atomic E-state index is 13.7. The normalized spacial score (nSPS) is 15.4. The number of hydrogen-bond donors (Lipinski definition) is 1. The van der Waals surface area contributed by atoms with Crippen LogP contribution in [0.4, 0.5) is 14.9 Å². The summed E-state index contributed by atoms with van der Waals surface area (Å²) in [6.45, 7) is 8.03. The highest BCUT2D eigenvalue weighted by atomic mass is 19.1. The van der Waals surface area contributed by atoms with Gasteiger partial charge in [-0.2, -0.15) is 0 Å². The molecule has 33 heavy (non-hydrogen) atoms. The molecule has 6 nitrogen and oxygen atoms in total. The van der Waals surface area contributed by atoms with E-state index in [1.54, 1.807) is 0 Å². The van der Waals surface area contributed by atoms with Crippen LogP contribution in [0.25, 0.3) is 11.8 Å². The van der Waals surface area contributed by atoms with E-state index in [1.807, 2.05) is 39.0 Å². The molecule has 1 N–H and O–H groups in total. The van der Waals surface area contributed by atoms with Gasteiger partial charge in [0.1, 0.15) is 11.4 Å². The SMILES string of the molecule is CCc1cccc(C)c1-n1c(C)cc(/C=C2\C(=O)NC(=O)N(c3cccc(F)c3)C2=O)c1C. The lowest BCUT2D eigenvalue weighted by molar-refractivity contribution is -0.122. The Kier molecular flexibility index (Phi) is 5.72. The second-order valence-electron chi connectivity index (χ2n) is 8.04. The van der Waals surface area contributed by atoms with E-state index >= 15 is 0 Å². The number of carbonyl (C=O) groups excluding carboxylic acids is 3. The topological polar surface area (TPSA) is 71.4 Å². The summed E-state index contributed by atoms with van der Waals surface area (Å²) in [5.41, 5.74) is 5.73. The molecule has 4 rings (SSSR count). The van der Waals surface area contributed by atoms with Gasteiger partial charge in [0.25, 0.3) is 11.8 Å². The van der Waals surface area contributed by atoms with E-state index < -0.39 is 23.7 Å². The van der Waals surface area contributed by atoms with Gasteiger partial charge in [-0.1, -0.05) is 31.2 Å². The van der Waals surface area contributed by atoms with Crippen LogP contribution in [0.3, 0.4) is 0 Å². The number of amides is 4. The fourth-order valence-corrected chi connectivity index (χ4v) is 4.27. The second-order valence-corrected chi connectivity index (χ2v) is 8.04. The molecule has 0 saturated carbocycles. The minimum absolute atomic E-state index is 0.0499. The van der Waals surface area contributed by atoms with Gasteiger partial charge < -0.3 is 4.57 Å². The van der Waals surface area contributed by atoms with E-state index in [1.165, 1.54) is 29.8 Å². The number of nitrogens with zero attached hydrogens (tertiary/aromatic N) is 2. The van der Waals surface area contributed by atoms with Crippen LogP contribution < -0.4 is 10.2 Å². The number of rotatable bonds is 4. The Morgan fingerprint density at radius 3 is 2.42 bits per heavy atom. The van der Waals surface area contributed by atoms with E-state index in [2.05, 4.69) is 22.9 Å². The van der Waals surface area contributed by atoms with Gasteiger partial charge in [-0.3, -0.25) is 14.9 Å².